The zero-order valence-electron chi connectivity index (χ0n) is 11.5. The standard InChI is InChI=1S/C13H19FN2O2S2/c1-8-5-9(15)6-12(13(8)14)20(17,18)16-10-3-4-11(7-10)19-2/h5-6,10-11,16H,3-4,7,15H2,1-2H3. The minimum Gasteiger partial charge on any atom is -0.399 e. The van der Waals surface area contributed by atoms with Crippen molar-refractivity contribution in [2.24, 2.45) is 0 Å². The van der Waals surface area contributed by atoms with E-state index in [1.807, 2.05) is 6.26 Å². The summed E-state index contributed by atoms with van der Waals surface area (Å²) in [5.41, 5.74) is 6.10. The molecule has 0 heterocycles. The molecule has 0 amide bonds. The number of nitrogens with two attached hydrogens (primary N) is 1. The van der Waals surface area contributed by atoms with E-state index in [0.29, 0.717) is 5.25 Å². The molecule has 7 heteroatoms. The summed E-state index contributed by atoms with van der Waals surface area (Å²) in [5, 5.41) is 0.468. The van der Waals surface area contributed by atoms with Crippen molar-refractivity contribution in [3.05, 3.63) is 23.5 Å². The maximum Gasteiger partial charge on any atom is 0.243 e. The fourth-order valence-electron chi connectivity index (χ4n) is 2.50. The third-order valence-electron chi connectivity index (χ3n) is 3.57. The normalized spacial score (nSPS) is 23.1. The average Bonchev–Trinajstić information content (AvgIpc) is 2.80. The summed E-state index contributed by atoms with van der Waals surface area (Å²) in [5.74, 6) is -0.730. The van der Waals surface area contributed by atoms with Crippen molar-refractivity contribution in [2.45, 2.75) is 42.4 Å². The summed E-state index contributed by atoms with van der Waals surface area (Å²) in [7, 11) is -3.87. The predicted molar refractivity (Wildman–Crippen MR) is 80.8 cm³/mol. The van der Waals surface area contributed by atoms with Crippen LogP contribution in [-0.2, 0) is 10.0 Å². The lowest BCUT2D eigenvalue weighted by molar-refractivity contribution is 0.535. The molecule has 0 bridgehead atoms. The summed E-state index contributed by atoms with van der Waals surface area (Å²) in [4.78, 5) is -0.359. The van der Waals surface area contributed by atoms with Crippen LogP contribution in [0.4, 0.5) is 10.1 Å². The Morgan fingerprint density at radius 2 is 2.10 bits per heavy atom. The molecule has 0 aliphatic heterocycles. The van der Waals surface area contributed by atoms with E-state index in [1.165, 1.54) is 19.1 Å². The van der Waals surface area contributed by atoms with Crippen molar-refractivity contribution in [1.82, 2.24) is 4.72 Å². The second-order valence-corrected chi connectivity index (χ2v) is 7.96. The molecule has 0 aromatic heterocycles. The second-order valence-electron chi connectivity index (χ2n) is 5.14. The molecular weight excluding hydrogens is 299 g/mol. The maximum atomic E-state index is 14.0. The van der Waals surface area contributed by atoms with Crippen molar-refractivity contribution in [2.75, 3.05) is 12.0 Å². The van der Waals surface area contributed by atoms with Crippen LogP contribution in [0.25, 0.3) is 0 Å². The number of nitrogen functional groups attached to an aromatic ring is 1. The van der Waals surface area contributed by atoms with E-state index >= 15 is 0 Å². The van der Waals surface area contributed by atoms with Gasteiger partial charge in [0.15, 0.2) is 0 Å². The predicted octanol–water partition coefficient (Wildman–Crippen LogP) is 2.28. The van der Waals surface area contributed by atoms with Gasteiger partial charge in [-0.2, -0.15) is 11.8 Å². The Morgan fingerprint density at radius 1 is 1.40 bits per heavy atom. The first-order valence-electron chi connectivity index (χ1n) is 6.44. The van der Waals surface area contributed by atoms with Gasteiger partial charge < -0.3 is 5.73 Å². The van der Waals surface area contributed by atoms with Gasteiger partial charge in [-0.25, -0.2) is 17.5 Å². The smallest absolute Gasteiger partial charge is 0.243 e. The van der Waals surface area contributed by atoms with E-state index in [9.17, 15) is 12.8 Å². The van der Waals surface area contributed by atoms with Gasteiger partial charge in [0.05, 0.1) is 0 Å². The van der Waals surface area contributed by atoms with E-state index in [-0.39, 0.29) is 22.2 Å². The maximum absolute atomic E-state index is 14.0. The third-order valence-corrected chi connectivity index (χ3v) is 6.19. The van der Waals surface area contributed by atoms with Crippen LogP contribution in [0.3, 0.4) is 0 Å². The number of rotatable bonds is 4. The van der Waals surface area contributed by atoms with Crippen molar-refractivity contribution in [1.29, 1.82) is 0 Å². The SMILES string of the molecule is CSC1CCC(NS(=O)(=O)c2cc(N)cc(C)c2F)C1. The number of benzene rings is 1. The Hall–Kier alpha value is -0.790. The van der Waals surface area contributed by atoms with Crippen LogP contribution in [0.2, 0.25) is 0 Å². The van der Waals surface area contributed by atoms with Gasteiger partial charge >= 0.3 is 0 Å². The number of thioether (sulfide) groups is 1. The quantitative estimate of drug-likeness (QED) is 0.836. The number of nitrogens with one attached hydrogen (secondary N) is 1. The molecule has 1 aliphatic rings. The zero-order valence-corrected chi connectivity index (χ0v) is 13.2. The van der Waals surface area contributed by atoms with Crippen LogP contribution >= 0.6 is 11.8 Å². The first-order chi connectivity index (χ1) is 9.33. The van der Waals surface area contributed by atoms with Crippen LogP contribution in [0.1, 0.15) is 24.8 Å². The minimum absolute atomic E-state index is 0.126. The highest BCUT2D eigenvalue weighted by Gasteiger charge is 2.30. The molecule has 2 rings (SSSR count). The molecule has 1 saturated carbocycles. The summed E-state index contributed by atoms with van der Waals surface area (Å²) in [6.45, 7) is 1.50. The Bertz CT molecular complexity index is 605. The molecule has 2 unspecified atom stereocenters. The Morgan fingerprint density at radius 3 is 2.70 bits per heavy atom. The lowest BCUT2D eigenvalue weighted by Crippen LogP contribution is -2.33. The molecule has 20 heavy (non-hydrogen) atoms. The molecule has 3 N–H and O–H groups in total. The third kappa shape index (κ3) is 3.27. The van der Waals surface area contributed by atoms with Crippen molar-refractivity contribution < 1.29 is 12.8 Å². The van der Waals surface area contributed by atoms with Gasteiger partial charge in [0.2, 0.25) is 10.0 Å². The number of anilines is 1. The van der Waals surface area contributed by atoms with E-state index in [1.54, 1.807) is 11.8 Å². The lowest BCUT2D eigenvalue weighted by Gasteiger charge is -2.15. The van der Waals surface area contributed by atoms with Gasteiger partial charge in [-0.1, -0.05) is 0 Å². The van der Waals surface area contributed by atoms with Gasteiger partial charge in [0.25, 0.3) is 0 Å². The largest absolute Gasteiger partial charge is 0.399 e. The van der Waals surface area contributed by atoms with Crippen molar-refractivity contribution >= 4 is 27.5 Å². The zero-order chi connectivity index (χ0) is 14.9. The second kappa shape index (κ2) is 5.91. The number of aryl methyl sites for hydroxylation is 1. The first-order valence-corrected chi connectivity index (χ1v) is 9.21. The van der Waals surface area contributed by atoms with Gasteiger partial charge in [-0.3, -0.25) is 0 Å². The topological polar surface area (TPSA) is 72.2 Å². The monoisotopic (exact) mass is 318 g/mol. The van der Waals surface area contributed by atoms with Crippen LogP contribution in [0, 0.1) is 12.7 Å². The van der Waals surface area contributed by atoms with Crippen molar-refractivity contribution in [3.8, 4) is 0 Å². The average molecular weight is 318 g/mol. The number of halogens is 1. The van der Waals surface area contributed by atoms with Crippen LogP contribution < -0.4 is 10.5 Å². The lowest BCUT2D eigenvalue weighted by atomic mass is 10.2. The molecule has 0 spiro atoms. The van der Waals surface area contributed by atoms with Gasteiger partial charge in [-0.15, -0.1) is 0 Å². The minimum atomic E-state index is -3.87. The Labute approximate surface area is 123 Å². The highest BCUT2D eigenvalue weighted by molar-refractivity contribution is 7.99. The van der Waals surface area contributed by atoms with Gasteiger partial charge in [0, 0.05) is 17.0 Å². The van der Waals surface area contributed by atoms with E-state index in [2.05, 4.69) is 4.72 Å². The van der Waals surface area contributed by atoms with Crippen LogP contribution in [0.15, 0.2) is 17.0 Å². The first kappa shape index (κ1) is 15.6. The van der Waals surface area contributed by atoms with Gasteiger partial charge in [-0.05, 0) is 50.1 Å². The molecule has 112 valence electrons. The molecule has 4 nitrogen and oxygen atoms in total. The van der Waals surface area contributed by atoms with Crippen LogP contribution in [-0.4, -0.2) is 26.0 Å². The number of hydrogen-bond acceptors (Lipinski definition) is 4. The van der Waals surface area contributed by atoms with Crippen LogP contribution in [0.5, 0.6) is 0 Å². The molecule has 1 aromatic rings. The molecule has 2 atom stereocenters. The molecule has 1 aromatic carbocycles. The van der Waals surface area contributed by atoms with E-state index < -0.39 is 15.8 Å². The highest BCUT2D eigenvalue weighted by atomic mass is 32.2. The number of hydrogen-bond donors (Lipinski definition) is 2. The van der Waals surface area contributed by atoms with E-state index in [4.69, 9.17) is 5.73 Å². The van der Waals surface area contributed by atoms with E-state index in [0.717, 1.165) is 19.3 Å². The molecule has 0 radical (unpaired) electrons. The fourth-order valence-corrected chi connectivity index (χ4v) is 4.77. The summed E-state index contributed by atoms with van der Waals surface area (Å²) >= 11 is 1.74. The summed E-state index contributed by atoms with van der Waals surface area (Å²) < 4.78 is 41.2. The highest BCUT2D eigenvalue weighted by Crippen LogP contribution is 2.30. The summed E-state index contributed by atoms with van der Waals surface area (Å²) in [6, 6.07) is 2.47. The molecule has 0 saturated heterocycles. The Balaban J connectivity index is 2.23. The van der Waals surface area contributed by atoms with Crippen molar-refractivity contribution in [3.63, 3.8) is 0 Å². The fraction of sp³-hybridized carbons (Fsp3) is 0.538. The Kier molecular flexibility index (Phi) is 4.61. The van der Waals surface area contributed by atoms with Gasteiger partial charge in [0.1, 0.15) is 10.7 Å². The molecular formula is C13H19FN2O2S2. The molecule has 1 aliphatic carbocycles. The molecule has 1 fully saturated rings. The summed E-state index contributed by atoms with van der Waals surface area (Å²) in [6.07, 6.45) is 4.56. The number of sulfonamides is 1.